The second-order valence-electron chi connectivity index (χ2n) is 4.29. The Morgan fingerprint density at radius 1 is 1.62 bits per heavy atom. The Morgan fingerprint density at radius 3 is 2.75 bits per heavy atom. The topological polar surface area (TPSA) is 87.2 Å². The van der Waals surface area contributed by atoms with Crippen LogP contribution < -0.4 is 5.73 Å². The van der Waals surface area contributed by atoms with Crippen LogP contribution in [0, 0.1) is 17.2 Å². The van der Waals surface area contributed by atoms with Crippen molar-refractivity contribution in [1.29, 1.82) is 5.26 Å². The highest BCUT2D eigenvalue weighted by Crippen LogP contribution is 2.25. The highest BCUT2D eigenvalue weighted by Gasteiger charge is 2.38. The lowest BCUT2D eigenvalue weighted by Crippen LogP contribution is -2.54. The maximum atomic E-state index is 12.1. The Hall–Kier alpha value is -0.640. The van der Waals surface area contributed by atoms with Crippen LogP contribution in [0.2, 0.25) is 0 Å². The van der Waals surface area contributed by atoms with Crippen molar-refractivity contribution in [2.45, 2.75) is 44.5 Å². The van der Waals surface area contributed by atoms with E-state index in [-0.39, 0.29) is 5.92 Å². The molecular formula is C10H19N3O2S. The first kappa shape index (κ1) is 13.4. The zero-order valence-electron chi connectivity index (χ0n) is 9.76. The second kappa shape index (κ2) is 5.13. The van der Waals surface area contributed by atoms with Gasteiger partial charge in [0.25, 0.3) is 0 Å². The molecule has 0 radical (unpaired) electrons. The summed E-state index contributed by atoms with van der Waals surface area (Å²) in [7, 11) is -3.56. The Morgan fingerprint density at radius 2 is 2.25 bits per heavy atom. The summed E-state index contributed by atoms with van der Waals surface area (Å²) in [6, 6.07) is 1.84. The van der Waals surface area contributed by atoms with Gasteiger partial charge in [0.1, 0.15) is 0 Å². The van der Waals surface area contributed by atoms with Gasteiger partial charge in [-0.1, -0.05) is 13.8 Å². The molecule has 6 heteroatoms. The third kappa shape index (κ3) is 2.37. The Labute approximate surface area is 97.3 Å². The van der Waals surface area contributed by atoms with Gasteiger partial charge in [-0.05, 0) is 25.2 Å². The average Bonchev–Trinajstić information content (AvgIpc) is 2.23. The van der Waals surface area contributed by atoms with E-state index < -0.39 is 21.4 Å². The molecule has 0 aliphatic carbocycles. The van der Waals surface area contributed by atoms with Gasteiger partial charge < -0.3 is 5.73 Å². The summed E-state index contributed by atoms with van der Waals surface area (Å²) in [5.41, 5.74) is 5.89. The molecule has 0 aromatic heterocycles. The third-order valence-electron chi connectivity index (χ3n) is 3.15. The molecule has 1 fully saturated rings. The summed E-state index contributed by atoms with van der Waals surface area (Å²) in [6.45, 7) is 4.08. The zero-order chi connectivity index (χ0) is 12.3. The fraction of sp³-hybridized carbons (Fsp3) is 0.900. The van der Waals surface area contributed by atoms with Gasteiger partial charge in [0.2, 0.25) is 10.0 Å². The van der Waals surface area contributed by atoms with Crippen LogP contribution in [0.1, 0.15) is 33.1 Å². The molecule has 0 aromatic carbocycles. The lowest BCUT2D eigenvalue weighted by molar-refractivity contribution is 0.191. The quantitative estimate of drug-likeness (QED) is 0.790. The number of nitriles is 1. The van der Waals surface area contributed by atoms with Crippen molar-refractivity contribution >= 4 is 10.0 Å². The van der Waals surface area contributed by atoms with Crippen LogP contribution in [0.3, 0.4) is 0 Å². The Balaban J connectivity index is 2.95. The van der Waals surface area contributed by atoms with Gasteiger partial charge in [-0.2, -0.15) is 9.57 Å². The zero-order valence-corrected chi connectivity index (χ0v) is 10.6. The molecule has 16 heavy (non-hydrogen) atoms. The predicted octanol–water partition coefficient (Wildman–Crippen LogP) is 0.635. The number of nitrogens with zero attached hydrogens (tertiary/aromatic N) is 2. The van der Waals surface area contributed by atoms with E-state index in [1.165, 1.54) is 4.31 Å². The molecular weight excluding hydrogens is 226 g/mol. The van der Waals surface area contributed by atoms with E-state index in [0.29, 0.717) is 13.0 Å². The minimum absolute atomic E-state index is 0.153. The molecule has 1 rings (SSSR count). The number of hydrogen-bond acceptors (Lipinski definition) is 4. The third-order valence-corrected chi connectivity index (χ3v) is 5.39. The lowest BCUT2D eigenvalue weighted by Gasteiger charge is -2.37. The van der Waals surface area contributed by atoms with Crippen molar-refractivity contribution in [3.63, 3.8) is 0 Å². The summed E-state index contributed by atoms with van der Waals surface area (Å²) in [6.07, 6.45) is 1.57. The smallest absolute Gasteiger partial charge is 0.231 e. The molecule has 1 saturated heterocycles. The van der Waals surface area contributed by atoms with E-state index in [9.17, 15) is 8.42 Å². The molecule has 1 aliphatic heterocycles. The van der Waals surface area contributed by atoms with Gasteiger partial charge in [-0.25, -0.2) is 8.42 Å². The SMILES string of the molecule is CCC(C#N)S(=O)(=O)N1CCCC(C)C1N. The number of hydrogen-bond donors (Lipinski definition) is 1. The summed E-state index contributed by atoms with van der Waals surface area (Å²) in [5.74, 6) is 0.153. The fourth-order valence-corrected chi connectivity index (χ4v) is 3.81. The number of sulfonamides is 1. The van der Waals surface area contributed by atoms with Crippen LogP contribution in [0.15, 0.2) is 0 Å². The van der Waals surface area contributed by atoms with E-state index in [2.05, 4.69) is 0 Å². The molecule has 5 nitrogen and oxygen atoms in total. The first-order valence-corrected chi connectivity index (χ1v) is 7.11. The monoisotopic (exact) mass is 245 g/mol. The molecule has 0 saturated carbocycles. The molecule has 92 valence electrons. The van der Waals surface area contributed by atoms with Crippen molar-refractivity contribution in [3.05, 3.63) is 0 Å². The molecule has 1 heterocycles. The summed E-state index contributed by atoms with van der Waals surface area (Å²) in [5, 5.41) is 7.88. The minimum Gasteiger partial charge on any atom is -0.315 e. The van der Waals surface area contributed by atoms with E-state index >= 15 is 0 Å². The Kier molecular flexibility index (Phi) is 4.30. The molecule has 0 spiro atoms. The van der Waals surface area contributed by atoms with Crippen LogP contribution in [-0.2, 0) is 10.0 Å². The van der Waals surface area contributed by atoms with Gasteiger partial charge in [0, 0.05) is 6.54 Å². The highest BCUT2D eigenvalue weighted by molar-refractivity contribution is 7.90. The van der Waals surface area contributed by atoms with Crippen molar-refractivity contribution < 1.29 is 8.42 Å². The number of nitrogens with two attached hydrogens (primary N) is 1. The highest BCUT2D eigenvalue weighted by atomic mass is 32.2. The van der Waals surface area contributed by atoms with E-state index in [4.69, 9.17) is 11.0 Å². The maximum absolute atomic E-state index is 12.1. The summed E-state index contributed by atoms with van der Waals surface area (Å²) >= 11 is 0. The predicted molar refractivity (Wildman–Crippen MR) is 61.7 cm³/mol. The molecule has 0 amide bonds. The Bertz CT molecular complexity index is 374. The molecule has 0 aromatic rings. The maximum Gasteiger partial charge on any atom is 0.231 e. The summed E-state index contributed by atoms with van der Waals surface area (Å²) in [4.78, 5) is 0. The largest absolute Gasteiger partial charge is 0.315 e. The standard InChI is InChI=1S/C10H19N3O2S/c1-3-9(7-11)16(14,15)13-6-4-5-8(2)10(13)12/h8-10H,3-6,12H2,1-2H3. The van der Waals surface area contributed by atoms with Gasteiger partial charge in [-0.15, -0.1) is 0 Å². The first-order valence-electron chi connectivity index (χ1n) is 5.61. The first-order chi connectivity index (χ1) is 7.45. The van der Waals surface area contributed by atoms with Gasteiger partial charge >= 0.3 is 0 Å². The number of piperidine rings is 1. The fourth-order valence-electron chi connectivity index (χ4n) is 2.00. The lowest BCUT2D eigenvalue weighted by atomic mass is 9.99. The van der Waals surface area contributed by atoms with Crippen LogP contribution in [0.5, 0.6) is 0 Å². The normalized spacial score (nSPS) is 29.6. The molecule has 0 bridgehead atoms. The van der Waals surface area contributed by atoms with Gasteiger partial charge in [0.05, 0.1) is 12.2 Å². The van der Waals surface area contributed by atoms with E-state index in [0.717, 1.165) is 12.8 Å². The molecule has 3 atom stereocenters. The molecule has 2 N–H and O–H groups in total. The van der Waals surface area contributed by atoms with Crippen LogP contribution in [0.4, 0.5) is 0 Å². The minimum atomic E-state index is -3.56. The van der Waals surface area contributed by atoms with Crippen LogP contribution in [0.25, 0.3) is 0 Å². The van der Waals surface area contributed by atoms with Crippen molar-refractivity contribution in [2.24, 2.45) is 11.7 Å². The number of rotatable bonds is 3. The van der Waals surface area contributed by atoms with Crippen molar-refractivity contribution in [1.82, 2.24) is 4.31 Å². The summed E-state index contributed by atoms with van der Waals surface area (Å²) < 4.78 is 25.6. The second-order valence-corrected chi connectivity index (χ2v) is 6.36. The van der Waals surface area contributed by atoms with Crippen molar-refractivity contribution in [2.75, 3.05) is 6.54 Å². The van der Waals surface area contributed by atoms with Crippen molar-refractivity contribution in [3.8, 4) is 6.07 Å². The van der Waals surface area contributed by atoms with Crippen LogP contribution in [-0.4, -0.2) is 30.7 Å². The van der Waals surface area contributed by atoms with Gasteiger partial charge in [0.15, 0.2) is 5.25 Å². The molecule has 3 unspecified atom stereocenters. The van der Waals surface area contributed by atoms with E-state index in [1.54, 1.807) is 6.92 Å². The van der Waals surface area contributed by atoms with E-state index in [1.807, 2.05) is 13.0 Å². The van der Waals surface area contributed by atoms with Crippen LogP contribution >= 0.6 is 0 Å². The van der Waals surface area contributed by atoms with Gasteiger partial charge in [-0.3, -0.25) is 0 Å². The molecule has 1 aliphatic rings. The average molecular weight is 245 g/mol.